The SMILES string of the molecule is CC(=O)O.O=c1ccn2c(n1)C(O)N=C(c1ccccc1)c1cc(Cl)ccc1-2. The number of halogens is 1. The van der Waals surface area contributed by atoms with Gasteiger partial charge < -0.3 is 14.8 Å². The van der Waals surface area contributed by atoms with Gasteiger partial charge in [0.05, 0.1) is 11.4 Å². The summed E-state index contributed by atoms with van der Waals surface area (Å²) in [6.45, 7) is 1.08. The van der Waals surface area contributed by atoms with Gasteiger partial charge in [-0.05, 0) is 18.2 Å². The molecule has 28 heavy (non-hydrogen) atoms. The molecule has 2 aromatic carbocycles. The van der Waals surface area contributed by atoms with Crippen molar-refractivity contribution in [1.82, 2.24) is 9.55 Å². The average molecular weight is 398 g/mol. The maximum atomic E-state index is 11.6. The van der Waals surface area contributed by atoms with Crippen LogP contribution in [0.4, 0.5) is 0 Å². The van der Waals surface area contributed by atoms with Gasteiger partial charge in [0.1, 0.15) is 0 Å². The summed E-state index contributed by atoms with van der Waals surface area (Å²) >= 11 is 6.18. The summed E-state index contributed by atoms with van der Waals surface area (Å²) in [7, 11) is 0. The van der Waals surface area contributed by atoms with Crippen molar-refractivity contribution in [2.24, 2.45) is 4.99 Å². The van der Waals surface area contributed by atoms with Crippen LogP contribution in [0.5, 0.6) is 0 Å². The van der Waals surface area contributed by atoms with Crippen LogP contribution < -0.4 is 5.56 Å². The molecule has 3 aromatic rings. The van der Waals surface area contributed by atoms with Crippen molar-refractivity contribution >= 4 is 23.3 Å². The van der Waals surface area contributed by atoms with E-state index in [0.717, 1.165) is 23.7 Å². The molecule has 2 N–H and O–H groups in total. The zero-order valence-corrected chi connectivity index (χ0v) is 15.5. The third-order valence-corrected chi connectivity index (χ3v) is 4.08. The van der Waals surface area contributed by atoms with Gasteiger partial charge in [-0.15, -0.1) is 0 Å². The number of fused-ring (bicyclic) bond motifs is 3. The summed E-state index contributed by atoms with van der Waals surface area (Å²) in [5.41, 5.74) is 2.53. The number of aliphatic imine (C=N–C) groups is 1. The van der Waals surface area contributed by atoms with Gasteiger partial charge in [-0.25, -0.2) is 4.99 Å². The van der Waals surface area contributed by atoms with Crippen LogP contribution in [-0.2, 0) is 4.79 Å². The number of benzene rings is 2. The molecule has 0 radical (unpaired) electrons. The lowest BCUT2D eigenvalue weighted by Gasteiger charge is -2.14. The molecule has 2 heterocycles. The number of carboxylic acid groups (broad SMARTS) is 1. The Morgan fingerprint density at radius 1 is 1.14 bits per heavy atom. The van der Waals surface area contributed by atoms with Gasteiger partial charge in [-0.2, -0.15) is 4.98 Å². The van der Waals surface area contributed by atoms with Gasteiger partial charge in [0.2, 0.25) is 6.23 Å². The van der Waals surface area contributed by atoms with Crippen molar-refractivity contribution in [2.45, 2.75) is 13.2 Å². The highest BCUT2D eigenvalue weighted by Crippen LogP contribution is 2.29. The van der Waals surface area contributed by atoms with E-state index < -0.39 is 17.8 Å². The second kappa shape index (κ2) is 8.16. The molecule has 1 atom stereocenters. The summed E-state index contributed by atoms with van der Waals surface area (Å²) in [6, 6.07) is 16.2. The molecular formula is C20H16ClN3O4. The fourth-order valence-electron chi connectivity index (χ4n) is 2.79. The van der Waals surface area contributed by atoms with Crippen molar-refractivity contribution in [3.8, 4) is 5.69 Å². The Morgan fingerprint density at radius 2 is 1.82 bits per heavy atom. The number of hydrogen-bond acceptors (Lipinski definition) is 5. The van der Waals surface area contributed by atoms with Crippen molar-refractivity contribution in [1.29, 1.82) is 0 Å². The molecule has 8 heteroatoms. The first-order valence-electron chi connectivity index (χ1n) is 8.27. The minimum Gasteiger partial charge on any atom is -0.481 e. The van der Waals surface area contributed by atoms with Crippen LogP contribution in [0.15, 0.2) is 70.6 Å². The quantitative estimate of drug-likeness (QED) is 0.657. The molecule has 7 nitrogen and oxygen atoms in total. The van der Waals surface area contributed by atoms with E-state index in [2.05, 4.69) is 9.98 Å². The van der Waals surface area contributed by atoms with E-state index in [1.807, 2.05) is 36.4 Å². The van der Waals surface area contributed by atoms with Crippen molar-refractivity contribution in [3.63, 3.8) is 0 Å². The molecule has 0 fully saturated rings. The molecule has 1 aliphatic rings. The molecule has 0 amide bonds. The van der Waals surface area contributed by atoms with Gasteiger partial charge in [-0.3, -0.25) is 9.59 Å². The van der Waals surface area contributed by atoms with Crippen LogP contribution in [0.1, 0.15) is 30.1 Å². The largest absolute Gasteiger partial charge is 0.481 e. The third-order valence-electron chi connectivity index (χ3n) is 3.84. The number of aliphatic carboxylic acids is 1. The molecule has 1 aromatic heterocycles. The Kier molecular flexibility index (Phi) is 5.67. The minimum absolute atomic E-state index is 0.178. The van der Waals surface area contributed by atoms with Crippen molar-refractivity contribution in [2.75, 3.05) is 0 Å². The van der Waals surface area contributed by atoms with E-state index in [9.17, 15) is 9.90 Å². The van der Waals surface area contributed by atoms with E-state index >= 15 is 0 Å². The lowest BCUT2D eigenvalue weighted by atomic mass is 10.0. The van der Waals surface area contributed by atoms with Crippen LogP contribution in [0.3, 0.4) is 0 Å². The number of nitrogens with zero attached hydrogens (tertiary/aromatic N) is 3. The standard InChI is InChI=1S/C18H12ClN3O2.C2H4O2/c19-12-6-7-14-13(10-12)16(11-4-2-1-3-5-11)21-18(24)17-20-15(23)8-9-22(14)17;1-2(3)4/h1-10,18,24H;1H3,(H,3,4). The summed E-state index contributed by atoms with van der Waals surface area (Å²) in [5, 5.41) is 18.5. The Hall–Kier alpha value is -3.29. The molecule has 0 bridgehead atoms. The zero-order valence-electron chi connectivity index (χ0n) is 14.8. The highest BCUT2D eigenvalue weighted by Gasteiger charge is 2.24. The van der Waals surface area contributed by atoms with Crippen LogP contribution in [-0.4, -0.2) is 31.4 Å². The molecule has 0 saturated heterocycles. The topological polar surface area (TPSA) is 105 Å². The predicted molar refractivity (Wildman–Crippen MR) is 105 cm³/mol. The lowest BCUT2D eigenvalue weighted by molar-refractivity contribution is -0.134. The van der Waals surface area contributed by atoms with Crippen molar-refractivity contribution < 1.29 is 15.0 Å². The summed E-state index contributed by atoms with van der Waals surface area (Å²) in [6.07, 6.45) is 0.338. The van der Waals surface area contributed by atoms with Crippen LogP contribution in [0.2, 0.25) is 5.02 Å². The number of aliphatic hydroxyl groups is 1. The molecular weight excluding hydrogens is 382 g/mol. The summed E-state index contributed by atoms with van der Waals surface area (Å²) < 4.78 is 1.66. The fraction of sp³-hybridized carbons (Fsp3) is 0.100. The number of aliphatic hydroxyl groups excluding tert-OH is 1. The van der Waals surface area contributed by atoms with E-state index in [4.69, 9.17) is 21.5 Å². The van der Waals surface area contributed by atoms with E-state index in [1.54, 1.807) is 22.9 Å². The molecule has 1 aliphatic heterocycles. The highest BCUT2D eigenvalue weighted by atomic mass is 35.5. The molecule has 1 unspecified atom stereocenters. The van der Waals surface area contributed by atoms with Crippen LogP contribution in [0.25, 0.3) is 5.69 Å². The fourth-order valence-corrected chi connectivity index (χ4v) is 2.96. The van der Waals surface area contributed by atoms with E-state index in [-0.39, 0.29) is 5.82 Å². The zero-order chi connectivity index (χ0) is 20.3. The van der Waals surface area contributed by atoms with Gasteiger partial charge in [0.25, 0.3) is 11.5 Å². The maximum absolute atomic E-state index is 11.6. The third kappa shape index (κ3) is 4.16. The smallest absolute Gasteiger partial charge is 0.300 e. The summed E-state index contributed by atoms with van der Waals surface area (Å²) in [4.78, 5) is 28.9. The average Bonchev–Trinajstić information content (AvgIpc) is 2.77. The number of hydrogen-bond donors (Lipinski definition) is 2. The highest BCUT2D eigenvalue weighted by molar-refractivity contribution is 6.31. The first kappa shape index (κ1) is 19.5. The first-order valence-corrected chi connectivity index (χ1v) is 8.65. The second-order valence-corrected chi connectivity index (χ2v) is 6.33. The minimum atomic E-state index is -1.25. The monoisotopic (exact) mass is 397 g/mol. The van der Waals surface area contributed by atoms with Gasteiger partial charge in [0, 0.05) is 35.3 Å². The number of carboxylic acids is 1. The number of aromatic nitrogens is 2. The molecule has 0 saturated carbocycles. The van der Waals surface area contributed by atoms with Crippen molar-refractivity contribution in [3.05, 3.63) is 93.1 Å². The Bertz CT molecular complexity index is 1110. The molecule has 4 rings (SSSR count). The summed E-state index contributed by atoms with van der Waals surface area (Å²) in [5.74, 6) is -0.656. The number of rotatable bonds is 1. The van der Waals surface area contributed by atoms with Gasteiger partial charge in [0.15, 0.2) is 5.82 Å². The second-order valence-electron chi connectivity index (χ2n) is 5.89. The van der Waals surface area contributed by atoms with Crippen LogP contribution in [0, 0.1) is 0 Å². The normalized spacial score (nSPS) is 14.5. The lowest BCUT2D eigenvalue weighted by Crippen LogP contribution is -2.17. The van der Waals surface area contributed by atoms with E-state index in [1.165, 1.54) is 6.07 Å². The Labute approximate surface area is 165 Å². The maximum Gasteiger partial charge on any atom is 0.300 e. The van der Waals surface area contributed by atoms with Gasteiger partial charge in [-0.1, -0.05) is 41.9 Å². The first-order chi connectivity index (χ1) is 13.4. The molecule has 0 spiro atoms. The van der Waals surface area contributed by atoms with E-state index in [0.29, 0.717) is 10.7 Å². The Morgan fingerprint density at radius 3 is 2.50 bits per heavy atom. The van der Waals surface area contributed by atoms with Gasteiger partial charge >= 0.3 is 0 Å². The Balaban J connectivity index is 0.000000516. The molecule has 0 aliphatic carbocycles. The number of carbonyl (C=O) groups is 1. The van der Waals surface area contributed by atoms with Crippen LogP contribution >= 0.6 is 11.6 Å². The predicted octanol–water partition coefficient (Wildman–Crippen LogP) is 2.82. The molecule has 142 valence electrons.